The molecule has 0 atom stereocenters. The lowest BCUT2D eigenvalue weighted by molar-refractivity contribution is -0.124. The van der Waals surface area contributed by atoms with Crippen LogP contribution in [0.4, 0.5) is 0 Å². The molecule has 2 N–H and O–H groups in total. The largest absolute Gasteiger partial charge is 0.507 e. The summed E-state index contributed by atoms with van der Waals surface area (Å²) in [5, 5.41) is 20.1. The number of carbonyl (C=O) groups excluding carboxylic acids is 2. The van der Waals surface area contributed by atoms with E-state index < -0.39 is 11.7 Å². The molecule has 0 saturated carbocycles. The molecule has 2 aromatic carbocycles. The Balaban J connectivity index is 2.23. The van der Waals surface area contributed by atoms with E-state index in [2.05, 4.69) is 0 Å². The summed E-state index contributed by atoms with van der Waals surface area (Å²) in [6.45, 7) is 2.09. The number of Topliss-reactive ketones (excluding diaryl/α,β-unsaturated/α-hetero) is 1. The summed E-state index contributed by atoms with van der Waals surface area (Å²) < 4.78 is 5.21. The molecule has 3 rings (SSSR count). The lowest BCUT2D eigenvalue weighted by atomic mass is 9.75. The maximum absolute atomic E-state index is 12.7. The average molecular weight is 312 g/mol. The van der Waals surface area contributed by atoms with Gasteiger partial charge in [-0.2, -0.15) is 0 Å². The Kier molecular flexibility index (Phi) is 3.88. The molecule has 0 heterocycles. The summed E-state index contributed by atoms with van der Waals surface area (Å²) in [5.41, 5.74) is 1.02. The minimum Gasteiger partial charge on any atom is -0.507 e. The van der Waals surface area contributed by atoms with Crippen LogP contribution in [0.25, 0.3) is 0 Å². The zero-order valence-electron chi connectivity index (χ0n) is 12.6. The van der Waals surface area contributed by atoms with Gasteiger partial charge in [-0.1, -0.05) is 24.3 Å². The number of rotatable bonds is 4. The zero-order valence-corrected chi connectivity index (χ0v) is 12.6. The lowest BCUT2D eigenvalue weighted by Crippen LogP contribution is -2.27. The predicted octanol–water partition coefficient (Wildman–Crippen LogP) is 2.38. The monoisotopic (exact) mass is 312 g/mol. The van der Waals surface area contributed by atoms with Crippen molar-refractivity contribution in [2.75, 3.05) is 13.2 Å². The highest BCUT2D eigenvalue weighted by atomic mass is 16.5. The van der Waals surface area contributed by atoms with E-state index in [0.29, 0.717) is 17.7 Å². The van der Waals surface area contributed by atoms with Crippen LogP contribution < -0.4 is 0 Å². The van der Waals surface area contributed by atoms with E-state index in [0.717, 1.165) is 0 Å². The minimum atomic E-state index is -0.747. The highest BCUT2D eigenvalue weighted by Crippen LogP contribution is 2.43. The summed E-state index contributed by atoms with van der Waals surface area (Å²) in [4.78, 5) is 25.3. The summed E-state index contributed by atoms with van der Waals surface area (Å²) in [6, 6.07) is 9.27. The molecular formula is C18H16O5. The third kappa shape index (κ3) is 2.39. The van der Waals surface area contributed by atoms with Crippen LogP contribution in [0, 0.1) is 0 Å². The Morgan fingerprint density at radius 2 is 1.57 bits per heavy atom. The van der Waals surface area contributed by atoms with Crippen LogP contribution in [-0.4, -0.2) is 35.0 Å². The van der Waals surface area contributed by atoms with E-state index in [1.165, 1.54) is 12.1 Å². The molecule has 23 heavy (non-hydrogen) atoms. The van der Waals surface area contributed by atoms with E-state index in [1.54, 1.807) is 31.2 Å². The molecule has 0 unspecified atom stereocenters. The van der Waals surface area contributed by atoms with E-state index in [1.807, 2.05) is 0 Å². The van der Waals surface area contributed by atoms with Crippen molar-refractivity contribution in [1.29, 1.82) is 0 Å². The number of phenolic OH excluding ortho intramolecular Hbond substituents is 2. The second kappa shape index (κ2) is 5.85. The van der Waals surface area contributed by atoms with Gasteiger partial charge in [0.1, 0.15) is 18.1 Å². The number of aromatic hydroxyl groups is 2. The van der Waals surface area contributed by atoms with Crippen LogP contribution in [0.2, 0.25) is 0 Å². The van der Waals surface area contributed by atoms with Crippen molar-refractivity contribution in [3.05, 3.63) is 58.7 Å². The molecule has 0 spiro atoms. The van der Waals surface area contributed by atoms with E-state index >= 15 is 0 Å². The van der Waals surface area contributed by atoms with Crippen LogP contribution in [0.3, 0.4) is 0 Å². The standard InChI is InChI=1S/C18H16O5/c1-2-23-9-14(21)15-10-5-3-7-12(19)16(10)18(22)17-11(15)6-4-8-13(17)20/h3-8,15,19-20H,2,9H2,1H3. The van der Waals surface area contributed by atoms with Crippen LogP contribution in [0.1, 0.15) is 39.9 Å². The summed E-state index contributed by atoms with van der Waals surface area (Å²) in [6.07, 6.45) is 0. The van der Waals surface area contributed by atoms with Crippen molar-refractivity contribution in [2.45, 2.75) is 12.8 Å². The number of phenols is 2. The fourth-order valence-electron chi connectivity index (χ4n) is 3.02. The molecule has 0 amide bonds. The van der Waals surface area contributed by atoms with Gasteiger partial charge in [0.2, 0.25) is 5.78 Å². The number of hydrogen-bond donors (Lipinski definition) is 2. The zero-order chi connectivity index (χ0) is 16.6. The van der Waals surface area contributed by atoms with E-state index in [9.17, 15) is 19.8 Å². The molecule has 5 heteroatoms. The van der Waals surface area contributed by atoms with Gasteiger partial charge in [-0.05, 0) is 30.2 Å². The van der Waals surface area contributed by atoms with Crippen molar-refractivity contribution < 1.29 is 24.5 Å². The smallest absolute Gasteiger partial charge is 0.201 e. The topological polar surface area (TPSA) is 83.8 Å². The first-order chi connectivity index (χ1) is 11.1. The highest BCUT2D eigenvalue weighted by molar-refractivity contribution is 6.18. The third-order valence-electron chi connectivity index (χ3n) is 4.00. The van der Waals surface area contributed by atoms with E-state index in [4.69, 9.17) is 4.74 Å². The number of ketones is 2. The van der Waals surface area contributed by atoms with Gasteiger partial charge >= 0.3 is 0 Å². The van der Waals surface area contributed by atoms with Gasteiger partial charge in [0, 0.05) is 6.61 Å². The fourth-order valence-corrected chi connectivity index (χ4v) is 3.02. The Hall–Kier alpha value is -2.66. The molecule has 0 aliphatic heterocycles. The van der Waals surface area contributed by atoms with Crippen molar-refractivity contribution in [3.63, 3.8) is 0 Å². The van der Waals surface area contributed by atoms with Crippen LogP contribution in [-0.2, 0) is 9.53 Å². The first-order valence-electron chi connectivity index (χ1n) is 7.35. The maximum Gasteiger partial charge on any atom is 0.201 e. The Labute approximate surface area is 133 Å². The lowest BCUT2D eigenvalue weighted by Gasteiger charge is -2.27. The Morgan fingerprint density at radius 1 is 1.04 bits per heavy atom. The van der Waals surface area contributed by atoms with Crippen LogP contribution in [0.15, 0.2) is 36.4 Å². The van der Waals surface area contributed by atoms with Gasteiger partial charge in [-0.15, -0.1) is 0 Å². The summed E-state index contributed by atoms with van der Waals surface area (Å²) in [5.74, 6) is -1.85. The van der Waals surface area contributed by atoms with Gasteiger partial charge in [0.15, 0.2) is 5.78 Å². The number of ether oxygens (including phenoxy) is 1. The molecule has 0 fully saturated rings. The third-order valence-corrected chi connectivity index (χ3v) is 4.00. The maximum atomic E-state index is 12.7. The molecule has 0 aromatic heterocycles. The van der Waals surface area contributed by atoms with Crippen molar-refractivity contribution in [2.24, 2.45) is 0 Å². The van der Waals surface area contributed by atoms with Gasteiger partial charge in [0.25, 0.3) is 0 Å². The fraction of sp³-hybridized carbons (Fsp3) is 0.222. The molecule has 118 valence electrons. The van der Waals surface area contributed by atoms with Gasteiger partial charge in [0.05, 0.1) is 17.0 Å². The number of carbonyl (C=O) groups is 2. The van der Waals surface area contributed by atoms with Crippen molar-refractivity contribution in [3.8, 4) is 11.5 Å². The van der Waals surface area contributed by atoms with Crippen molar-refractivity contribution in [1.82, 2.24) is 0 Å². The number of benzene rings is 2. The molecule has 1 aliphatic carbocycles. The molecule has 0 saturated heterocycles. The second-order valence-electron chi connectivity index (χ2n) is 5.35. The average Bonchev–Trinajstić information content (AvgIpc) is 2.53. The second-order valence-corrected chi connectivity index (χ2v) is 5.35. The molecule has 5 nitrogen and oxygen atoms in total. The molecule has 0 bridgehead atoms. The summed E-state index contributed by atoms with van der Waals surface area (Å²) in [7, 11) is 0. The van der Waals surface area contributed by atoms with Gasteiger partial charge in [-0.25, -0.2) is 0 Å². The normalized spacial score (nSPS) is 13.5. The number of fused-ring (bicyclic) bond motifs is 2. The van der Waals surface area contributed by atoms with E-state index in [-0.39, 0.29) is 35.0 Å². The van der Waals surface area contributed by atoms with Gasteiger partial charge < -0.3 is 14.9 Å². The van der Waals surface area contributed by atoms with Gasteiger partial charge in [-0.3, -0.25) is 9.59 Å². The molecule has 0 radical (unpaired) electrons. The number of hydrogen-bond acceptors (Lipinski definition) is 5. The van der Waals surface area contributed by atoms with Crippen LogP contribution >= 0.6 is 0 Å². The minimum absolute atomic E-state index is 0.0661. The SMILES string of the molecule is CCOCC(=O)C1c2cccc(O)c2C(=O)c2c(O)cccc21. The molecular weight excluding hydrogens is 296 g/mol. The first-order valence-corrected chi connectivity index (χ1v) is 7.35. The summed E-state index contributed by atoms with van der Waals surface area (Å²) >= 11 is 0. The Bertz CT molecular complexity index is 738. The molecule has 1 aliphatic rings. The predicted molar refractivity (Wildman–Crippen MR) is 83.0 cm³/mol. The van der Waals surface area contributed by atoms with Crippen LogP contribution in [0.5, 0.6) is 11.5 Å². The first kappa shape index (κ1) is 15.2. The Morgan fingerprint density at radius 3 is 2.04 bits per heavy atom. The quantitative estimate of drug-likeness (QED) is 0.905. The highest BCUT2D eigenvalue weighted by Gasteiger charge is 2.38. The molecule has 2 aromatic rings. The van der Waals surface area contributed by atoms with Crippen molar-refractivity contribution >= 4 is 11.6 Å².